The van der Waals surface area contributed by atoms with Gasteiger partial charge in [-0.15, -0.1) is 0 Å². The first kappa shape index (κ1) is 23.3. The second kappa shape index (κ2) is 13.1. The lowest BCUT2D eigenvalue weighted by Gasteiger charge is -2.22. The summed E-state index contributed by atoms with van der Waals surface area (Å²) in [5.74, 6) is 1.50. The van der Waals surface area contributed by atoms with E-state index in [-0.39, 0.29) is 0 Å². The molecule has 2 aromatic carbocycles. The molecule has 0 aromatic heterocycles. The number of ether oxygens (including phenoxy) is 3. The molecule has 0 spiro atoms. The molecule has 6 heteroatoms. The Morgan fingerprint density at radius 2 is 1.68 bits per heavy atom. The molecule has 1 aliphatic rings. The molecular formula is C25H35N3O3. The summed E-state index contributed by atoms with van der Waals surface area (Å²) >= 11 is 0. The Morgan fingerprint density at radius 3 is 2.39 bits per heavy atom. The molecule has 3 rings (SSSR count). The monoisotopic (exact) mass is 425 g/mol. The summed E-state index contributed by atoms with van der Waals surface area (Å²) in [4.78, 5) is 6.78. The van der Waals surface area contributed by atoms with Gasteiger partial charge < -0.3 is 24.4 Å². The van der Waals surface area contributed by atoms with Gasteiger partial charge in [-0.1, -0.05) is 54.6 Å². The second-order valence-electron chi connectivity index (χ2n) is 7.86. The number of hydrogen-bond donors (Lipinski definition) is 1. The summed E-state index contributed by atoms with van der Waals surface area (Å²) in [7, 11) is 3.54. The van der Waals surface area contributed by atoms with Crippen LogP contribution in [-0.4, -0.2) is 57.9 Å². The minimum Gasteiger partial charge on any atom is -0.382 e. The smallest absolute Gasteiger partial charge is 0.193 e. The zero-order valence-electron chi connectivity index (χ0n) is 18.8. The number of nitrogens with zero attached hydrogens (tertiary/aromatic N) is 2. The van der Waals surface area contributed by atoms with Gasteiger partial charge in [0.1, 0.15) is 0 Å². The highest BCUT2D eigenvalue weighted by atomic mass is 16.5. The normalized spacial score (nSPS) is 16.6. The van der Waals surface area contributed by atoms with Crippen LogP contribution < -0.4 is 5.32 Å². The Balaban J connectivity index is 1.37. The quantitative estimate of drug-likeness (QED) is 0.339. The predicted molar refractivity (Wildman–Crippen MR) is 124 cm³/mol. The van der Waals surface area contributed by atoms with Crippen LogP contribution >= 0.6 is 0 Å². The molecule has 31 heavy (non-hydrogen) atoms. The molecule has 1 saturated heterocycles. The van der Waals surface area contributed by atoms with Gasteiger partial charge in [-0.05, 0) is 23.1 Å². The van der Waals surface area contributed by atoms with Gasteiger partial charge in [0.05, 0.1) is 33.0 Å². The van der Waals surface area contributed by atoms with Crippen LogP contribution in [0, 0.1) is 5.92 Å². The van der Waals surface area contributed by atoms with Gasteiger partial charge in [-0.3, -0.25) is 4.99 Å². The number of nitrogens with one attached hydrogen (secondary N) is 1. The van der Waals surface area contributed by atoms with Gasteiger partial charge in [0.25, 0.3) is 0 Å². The largest absolute Gasteiger partial charge is 0.382 e. The summed E-state index contributed by atoms with van der Waals surface area (Å²) in [5, 5.41) is 3.49. The van der Waals surface area contributed by atoms with Crippen LogP contribution in [0.2, 0.25) is 0 Å². The van der Waals surface area contributed by atoms with Crippen molar-refractivity contribution in [1.82, 2.24) is 10.2 Å². The molecule has 0 amide bonds. The maximum Gasteiger partial charge on any atom is 0.193 e. The van der Waals surface area contributed by atoms with Crippen molar-refractivity contribution in [3.8, 4) is 0 Å². The molecule has 0 bridgehead atoms. The lowest BCUT2D eigenvalue weighted by molar-refractivity contribution is 0.0536. The van der Waals surface area contributed by atoms with Gasteiger partial charge >= 0.3 is 0 Å². The molecule has 6 nitrogen and oxygen atoms in total. The third kappa shape index (κ3) is 7.98. The predicted octanol–water partition coefficient (Wildman–Crippen LogP) is 3.46. The van der Waals surface area contributed by atoms with Crippen molar-refractivity contribution in [3.05, 3.63) is 71.3 Å². The van der Waals surface area contributed by atoms with Crippen molar-refractivity contribution >= 4 is 5.96 Å². The maximum absolute atomic E-state index is 5.82. The number of hydrogen-bond acceptors (Lipinski definition) is 4. The van der Waals surface area contributed by atoms with E-state index in [4.69, 9.17) is 14.2 Å². The minimum atomic E-state index is 0.547. The lowest BCUT2D eigenvalue weighted by Crippen LogP contribution is -2.39. The van der Waals surface area contributed by atoms with E-state index in [1.165, 1.54) is 16.7 Å². The molecule has 1 heterocycles. The van der Waals surface area contributed by atoms with Crippen LogP contribution in [0.15, 0.2) is 59.6 Å². The summed E-state index contributed by atoms with van der Waals surface area (Å²) in [5.41, 5.74) is 3.60. The van der Waals surface area contributed by atoms with E-state index in [1.807, 2.05) is 25.2 Å². The van der Waals surface area contributed by atoms with Crippen LogP contribution in [0.5, 0.6) is 0 Å². The fourth-order valence-electron chi connectivity index (χ4n) is 3.68. The zero-order valence-corrected chi connectivity index (χ0v) is 18.8. The van der Waals surface area contributed by atoms with Crippen molar-refractivity contribution in [2.24, 2.45) is 10.9 Å². The molecule has 1 atom stereocenters. The van der Waals surface area contributed by atoms with E-state index in [0.29, 0.717) is 32.3 Å². The Hall–Kier alpha value is -2.41. The third-order valence-corrected chi connectivity index (χ3v) is 5.44. The third-order valence-electron chi connectivity index (χ3n) is 5.44. The minimum absolute atomic E-state index is 0.547. The van der Waals surface area contributed by atoms with Gasteiger partial charge in [0.15, 0.2) is 5.96 Å². The summed E-state index contributed by atoms with van der Waals surface area (Å²) in [6.45, 7) is 6.08. The molecular weight excluding hydrogens is 390 g/mol. The van der Waals surface area contributed by atoms with Crippen molar-refractivity contribution < 1.29 is 14.2 Å². The van der Waals surface area contributed by atoms with Crippen LogP contribution in [0.1, 0.15) is 23.1 Å². The highest BCUT2D eigenvalue weighted by molar-refractivity contribution is 5.80. The van der Waals surface area contributed by atoms with Gasteiger partial charge in [-0.25, -0.2) is 0 Å². The zero-order chi connectivity index (χ0) is 21.7. The van der Waals surface area contributed by atoms with Crippen molar-refractivity contribution in [1.29, 1.82) is 0 Å². The first-order chi connectivity index (χ1) is 15.3. The van der Waals surface area contributed by atoms with E-state index in [0.717, 1.165) is 38.6 Å². The summed E-state index contributed by atoms with van der Waals surface area (Å²) in [6, 6.07) is 18.8. The SMILES string of the molecule is CN=C(NCc1ccc(COCc2ccccc2)cc1)N1CCC(COCCOC)C1. The van der Waals surface area contributed by atoms with E-state index < -0.39 is 0 Å². The Labute approximate surface area is 186 Å². The molecule has 1 aliphatic heterocycles. The molecule has 2 aromatic rings. The van der Waals surface area contributed by atoms with Crippen LogP contribution in [0.25, 0.3) is 0 Å². The van der Waals surface area contributed by atoms with E-state index in [2.05, 4.69) is 51.6 Å². The number of rotatable bonds is 11. The first-order valence-corrected chi connectivity index (χ1v) is 11.0. The average molecular weight is 426 g/mol. The molecule has 1 N–H and O–H groups in total. The molecule has 0 saturated carbocycles. The van der Waals surface area contributed by atoms with Crippen LogP contribution in [0.3, 0.4) is 0 Å². The standard InChI is InChI=1S/C25H35N3O3/c1-26-25(28-13-12-24(17-28)20-30-15-14-29-2)27-16-21-8-10-23(11-9-21)19-31-18-22-6-4-3-5-7-22/h3-11,24H,12-20H2,1-2H3,(H,26,27). The maximum atomic E-state index is 5.82. The Morgan fingerprint density at radius 1 is 0.968 bits per heavy atom. The van der Waals surface area contributed by atoms with Crippen molar-refractivity contribution in [2.45, 2.75) is 26.2 Å². The van der Waals surface area contributed by atoms with Crippen molar-refractivity contribution in [2.75, 3.05) is 47.1 Å². The van der Waals surface area contributed by atoms with Gasteiger partial charge in [0.2, 0.25) is 0 Å². The summed E-state index contributed by atoms with van der Waals surface area (Å²) < 4.78 is 16.5. The Kier molecular flexibility index (Phi) is 9.83. The molecule has 168 valence electrons. The molecule has 1 fully saturated rings. The van der Waals surface area contributed by atoms with E-state index in [1.54, 1.807) is 7.11 Å². The fraction of sp³-hybridized carbons (Fsp3) is 0.480. The van der Waals surface area contributed by atoms with E-state index in [9.17, 15) is 0 Å². The Bertz CT molecular complexity index is 780. The highest BCUT2D eigenvalue weighted by Crippen LogP contribution is 2.17. The number of methoxy groups -OCH3 is 1. The van der Waals surface area contributed by atoms with E-state index >= 15 is 0 Å². The van der Waals surface area contributed by atoms with Gasteiger partial charge in [0, 0.05) is 39.7 Å². The van der Waals surface area contributed by atoms with Crippen LogP contribution in [-0.2, 0) is 34.0 Å². The first-order valence-electron chi connectivity index (χ1n) is 11.0. The lowest BCUT2D eigenvalue weighted by atomic mass is 10.1. The van der Waals surface area contributed by atoms with Crippen LogP contribution in [0.4, 0.5) is 0 Å². The molecule has 0 radical (unpaired) electrons. The fourth-order valence-corrected chi connectivity index (χ4v) is 3.68. The summed E-state index contributed by atoms with van der Waals surface area (Å²) in [6.07, 6.45) is 1.13. The number of guanidine groups is 1. The molecule has 1 unspecified atom stereocenters. The number of benzene rings is 2. The highest BCUT2D eigenvalue weighted by Gasteiger charge is 2.24. The number of aliphatic imine (C=N–C) groups is 1. The number of likely N-dealkylation sites (tertiary alicyclic amines) is 1. The van der Waals surface area contributed by atoms with Crippen molar-refractivity contribution in [3.63, 3.8) is 0 Å². The van der Waals surface area contributed by atoms with Gasteiger partial charge in [-0.2, -0.15) is 0 Å². The molecule has 0 aliphatic carbocycles. The second-order valence-corrected chi connectivity index (χ2v) is 7.86. The topological polar surface area (TPSA) is 55.3 Å². The average Bonchev–Trinajstić information content (AvgIpc) is 3.28.